The van der Waals surface area contributed by atoms with Crippen LogP contribution in [0.15, 0.2) is 24.7 Å². The summed E-state index contributed by atoms with van der Waals surface area (Å²) in [6, 6.07) is 3.56. The fourth-order valence-electron chi connectivity index (χ4n) is 4.50. The van der Waals surface area contributed by atoms with E-state index >= 15 is 0 Å². The van der Waals surface area contributed by atoms with Gasteiger partial charge < -0.3 is 14.6 Å². The molecule has 1 fully saturated rings. The molecule has 138 valence electrons. The largest absolute Gasteiger partial charge is 0.480 e. The summed E-state index contributed by atoms with van der Waals surface area (Å²) in [6.45, 7) is 5.66. The Labute approximate surface area is 153 Å². The Morgan fingerprint density at radius 3 is 2.85 bits per heavy atom. The van der Waals surface area contributed by atoms with Gasteiger partial charge in [0, 0.05) is 37.9 Å². The third-order valence-electron chi connectivity index (χ3n) is 5.85. The highest BCUT2D eigenvalue weighted by molar-refractivity contribution is 5.96. The first kappa shape index (κ1) is 17.0. The minimum absolute atomic E-state index is 0.00842. The van der Waals surface area contributed by atoms with Gasteiger partial charge in [0.05, 0.1) is 24.7 Å². The maximum atomic E-state index is 13.0. The first-order valence-corrected chi connectivity index (χ1v) is 9.25. The van der Waals surface area contributed by atoms with E-state index in [2.05, 4.69) is 26.8 Å². The number of ether oxygens (including phenoxy) is 1. The molecule has 0 saturated carbocycles. The first-order chi connectivity index (χ1) is 12.7. The van der Waals surface area contributed by atoms with Crippen molar-refractivity contribution in [1.82, 2.24) is 24.8 Å². The number of aromatic nitrogens is 3. The number of hydrogen-bond acceptors (Lipinski definition) is 5. The Balaban J connectivity index is 1.56. The van der Waals surface area contributed by atoms with Gasteiger partial charge >= 0.3 is 0 Å². The van der Waals surface area contributed by atoms with E-state index in [9.17, 15) is 4.79 Å². The highest BCUT2D eigenvalue weighted by Crippen LogP contribution is 2.42. The molecular formula is C19H25N5O2. The molecule has 1 saturated heterocycles. The zero-order chi connectivity index (χ0) is 18.1. The van der Waals surface area contributed by atoms with E-state index in [-0.39, 0.29) is 11.4 Å². The standard InChI is InChI=1S/C19H25N5O2/c1-3-24-10-6-15-16(22-13-21-15)19(24)7-11-23(12-8-19)18(25)14-5-4-9-20-17(14)26-2/h4-5,9,13H,3,6-8,10-12H2,1-2H3,(H,21,22). The van der Waals surface area contributed by atoms with Gasteiger partial charge in [0.1, 0.15) is 5.56 Å². The number of fused-ring (bicyclic) bond motifs is 2. The second kappa shape index (κ2) is 6.72. The number of carbonyl (C=O) groups is 1. The highest BCUT2D eigenvalue weighted by atomic mass is 16.5. The minimum Gasteiger partial charge on any atom is -0.480 e. The molecule has 1 spiro atoms. The molecular weight excluding hydrogens is 330 g/mol. The van der Waals surface area contributed by atoms with Gasteiger partial charge in [-0.1, -0.05) is 6.92 Å². The molecule has 2 aromatic rings. The lowest BCUT2D eigenvalue weighted by Gasteiger charge is -2.50. The van der Waals surface area contributed by atoms with Crippen LogP contribution in [-0.2, 0) is 12.0 Å². The van der Waals surface area contributed by atoms with Crippen LogP contribution in [0.5, 0.6) is 5.88 Å². The predicted molar refractivity (Wildman–Crippen MR) is 97.1 cm³/mol. The molecule has 0 unspecified atom stereocenters. The van der Waals surface area contributed by atoms with Crippen LogP contribution >= 0.6 is 0 Å². The van der Waals surface area contributed by atoms with E-state index in [1.54, 1.807) is 25.4 Å². The molecule has 0 aliphatic carbocycles. The number of pyridine rings is 1. The molecule has 2 aromatic heterocycles. The fraction of sp³-hybridized carbons (Fsp3) is 0.526. The Bertz CT molecular complexity index is 795. The third kappa shape index (κ3) is 2.58. The maximum absolute atomic E-state index is 13.0. The molecule has 0 bridgehead atoms. The Morgan fingerprint density at radius 2 is 2.12 bits per heavy atom. The second-order valence-electron chi connectivity index (χ2n) is 6.94. The molecule has 26 heavy (non-hydrogen) atoms. The van der Waals surface area contributed by atoms with E-state index < -0.39 is 0 Å². The topological polar surface area (TPSA) is 74.4 Å². The fourth-order valence-corrected chi connectivity index (χ4v) is 4.50. The number of rotatable bonds is 3. The van der Waals surface area contributed by atoms with Crippen LogP contribution in [0.1, 0.15) is 41.5 Å². The number of nitrogens with zero attached hydrogens (tertiary/aromatic N) is 4. The molecule has 0 aromatic carbocycles. The number of nitrogens with one attached hydrogen (secondary N) is 1. The van der Waals surface area contributed by atoms with Gasteiger partial charge in [-0.05, 0) is 31.5 Å². The lowest BCUT2D eigenvalue weighted by atomic mass is 9.78. The molecule has 4 rings (SSSR count). The predicted octanol–water partition coefficient (Wildman–Crippen LogP) is 1.82. The molecule has 0 radical (unpaired) electrons. The molecule has 4 heterocycles. The Morgan fingerprint density at radius 1 is 1.31 bits per heavy atom. The molecule has 2 aliphatic heterocycles. The average Bonchev–Trinajstić information content (AvgIpc) is 3.18. The summed E-state index contributed by atoms with van der Waals surface area (Å²) in [7, 11) is 1.55. The van der Waals surface area contributed by atoms with Crippen LogP contribution in [0.25, 0.3) is 0 Å². The normalized spacial score (nSPS) is 19.4. The van der Waals surface area contributed by atoms with Crippen LogP contribution in [0.3, 0.4) is 0 Å². The van der Waals surface area contributed by atoms with Crippen molar-refractivity contribution in [2.24, 2.45) is 0 Å². The first-order valence-electron chi connectivity index (χ1n) is 9.25. The zero-order valence-electron chi connectivity index (χ0n) is 15.4. The van der Waals surface area contributed by atoms with Crippen molar-refractivity contribution in [3.8, 4) is 5.88 Å². The summed E-state index contributed by atoms with van der Waals surface area (Å²) in [5, 5.41) is 0. The van der Waals surface area contributed by atoms with E-state index in [0.717, 1.165) is 32.4 Å². The number of piperidine rings is 1. The summed E-state index contributed by atoms with van der Waals surface area (Å²) in [5.41, 5.74) is 2.90. The van der Waals surface area contributed by atoms with Crippen molar-refractivity contribution in [3.63, 3.8) is 0 Å². The van der Waals surface area contributed by atoms with Crippen LogP contribution < -0.4 is 4.74 Å². The van der Waals surface area contributed by atoms with Crippen LogP contribution in [-0.4, -0.2) is 63.9 Å². The lowest BCUT2D eigenvalue weighted by Crippen LogP contribution is -2.57. The maximum Gasteiger partial charge on any atom is 0.259 e. The van der Waals surface area contributed by atoms with Gasteiger partial charge in [0.2, 0.25) is 5.88 Å². The van der Waals surface area contributed by atoms with Gasteiger partial charge in [-0.25, -0.2) is 9.97 Å². The van der Waals surface area contributed by atoms with Crippen molar-refractivity contribution in [2.75, 3.05) is 33.3 Å². The number of hydrogen-bond donors (Lipinski definition) is 1. The van der Waals surface area contributed by atoms with E-state index in [1.807, 2.05) is 11.2 Å². The smallest absolute Gasteiger partial charge is 0.259 e. The van der Waals surface area contributed by atoms with Crippen molar-refractivity contribution >= 4 is 5.91 Å². The number of aromatic amines is 1. The number of H-pyrrole nitrogens is 1. The summed E-state index contributed by atoms with van der Waals surface area (Å²) < 4.78 is 5.26. The van der Waals surface area contributed by atoms with Crippen molar-refractivity contribution < 1.29 is 9.53 Å². The molecule has 7 heteroatoms. The Hall–Kier alpha value is -2.41. The van der Waals surface area contributed by atoms with Gasteiger partial charge in [0.25, 0.3) is 5.91 Å². The van der Waals surface area contributed by atoms with Crippen LogP contribution in [0.4, 0.5) is 0 Å². The number of methoxy groups -OCH3 is 1. The summed E-state index contributed by atoms with van der Waals surface area (Å²) in [4.78, 5) is 29.5. The number of imidazole rings is 1. The molecule has 7 nitrogen and oxygen atoms in total. The van der Waals surface area contributed by atoms with Crippen molar-refractivity contribution in [2.45, 2.75) is 31.7 Å². The average molecular weight is 355 g/mol. The van der Waals surface area contributed by atoms with E-state index in [4.69, 9.17) is 4.74 Å². The molecule has 0 atom stereocenters. The van der Waals surface area contributed by atoms with Gasteiger partial charge in [-0.15, -0.1) is 0 Å². The summed E-state index contributed by atoms with van der Waals surface area (Å²) in [5.74, 6) is 0.381. The summed E-state index contributed by atoms with van der Waals surface area (Å²) >= 11 is 0. The quantitative estimate of drug-likeness (QED) is 0.909. The van der Waals surface area contributed by atoms with Gasteiger partial charge in [0.15, 0.2) is 0 Å². The van der Waals surface area contributed by atoms with Crippen LogP contribution in [0.2, 0.25) is 0 Å². The number of amides is 1. The zero-order valence-corrected chi connectivity index (χ0v) is 15.4. The van der Waals surface area contributed by atoms with Gasteiger partial charge in [-0.3, -0.25) is 9.69 Å². The van der Waals surface area contributed by atoms with Crippen molar-refractivity contribution in [1.29, 1.82) is 0 Å². The van der Waals surface area contributed by atoms with Crippen molar-refractivity contribution in [3.05, 3.63) is 41.6 Å². The third-order valence-corrected chi connectivity index (χ3v) is 5.85. The van der Waals surface area contributed by atoms with Gasteiger partial charge in [-0.2, -0.15) is 0 Å². The second-order valence-corrected chi connectivity index (χ2v) is 6.94. The minimum atomic E-state index is -0.0574. The number of likely N-dealkylation sites (tertiary alicyclic amines) is 1. The molecule has 2 aliphatic rings. The number of carbonyl (C=O) groups excluding carboxylic acids is 1. The number of likely N-dealkylation sites (N-methyl/N-ethyl adjacent to an activating group) is 1. The lowest BCUT2D eigenvalue weighted by molar-refractivity contribution is 0.0101. The molecule has 1 amide bonds. The van der Waals surface area contributed by atoms with E-state index in [0.29, 0.717) is 24.5 Å². The summed E-state index contributed by atoms with van der Waals surface area (Å²) in [6.07, 6.45) is 6.26. The molecule has 1 N–H and O–H groups in total. The van der Waals surface area contributed by atoms with Crippen LogP contribution in [0, 0.1) is 0 Å². The monoisotopic (exact) mass is 355 g/mol. The van der Waals surface area contributed by atoms with E-state index in [1.165, 1.54) is 11.4 Å². The SMILES string of the molecule is CCN1CCc2[nH]cnc2C12CCN(C(=O)c1cccnc1OC)CC2. The Kier molecular flexibility index (Phi) is 4.40. The highest BCUT2D eigenvalue weighted by Gasteiger charge is 2.46.